The molecule has 0 aliphatic carbocycles. The molecule has 4 rings (SSSR count). The van der Waals surface area contributed by atoms with Crippen molar-refractivity contribution in [2.45, 2.75) is 16.5 Å². The number of carbonyl (C=O) groups excluding carboxylic acids is 1. The molecule has 1 atom stereocenters. The molecule has 2 aromatic rings. The fourth-order valence-corrected chi connectivity index (χ4v) is 6.79. The van der Waals surface area contributed by atoms with Gasteiger partial charge in [-0.1, -0.05) is 30.3 Å². The van der Waals surface area contributed by atoms with E-state index in [1.165, 1.54) is 12.0 Å². The molecular weight excluding hydrogens is 338 g/mol. The molecule has 2 aromatic carbocycles. The zero-order chi connectivity index (χ0) is 16.6. The van der Waals surface area contributed by atoms with Gasteiger partial charge in [-0.15, -0.1) is 23.5 Å². The van der Waals surface area contributed by atoms with Crippen LogP contribution in [0.3, 0.4) is 0 Å². The number of thioether (sulfide) groups is 2. The predicted octanol–water partition coefficient (Wildman–Crippen LogP) is 4.35. The van der Waals surface area contributed by atoms with Gasteiger partial charge in [-0.3, -0.25) is 4.79 Å². The Morgan fingerprint density at radius 3 is 2.33 bits per heavy atom. The van der Waals surface area contributed by atoms with Crippen molar-refractivity contribution in [1.29, 1.82) is 0 Å². The number of hydrogen-bond acceptors (Lipinski definition) is 4. The van der Waals surface area contributed by atoms with E-state index in [9.17, 15) is 4.79 Å². The number of rotatable bonds is 3. The van der Waals surface area contributed by atoms with Crippen molar-refractivity contribution in [3.63, 3.8) is 0 Å². The Bertz CT molecular complexity index is 727. The van der Waals surface area contributed by atoms with Gasteiger partial charge < -0.3 is 9.64 Å². The van der Waals surface area contributed by atoms with Crippen molar-refractivity contribution in [2.24, 2.45) is 0 Å². The first kappa shape index (κ1) is 15.9. The molecule has 0 bridgehead atoms. The second kappa shape index (κ2) is 6.37. The Balaban J connectivity index is 1.73. The zero-order valence-corrected chi connectivity index (χ0v) is 15.1. The van der Waals surface area contributed by atoms with Gasteiger partial charge in [0.05, 0.1) is 13.2 Å². The van der Waals surface area contributed by atoms with Gasteiger partial charge in [-0.2, -0.15) is 0 Å². The molecule has 2 fully saturated rings. The summed E-state index contributed by atoms with van der Waals surface area (Å²) >= 11 is 3.63. The molecule has 2 saturated heterocycles. The van der Waals surface area contributed by atoms with Crippen molar-refractivity contribution >= 4 is 35.1 Å². The monoisotopic (exact) mass is 357 g/mol. The smallest absolute Gasteiger partial charge is 0.256 e. The van der Waals surface area contributed by atoms with Crippen molar-refractivity contribution in [3.8, 4) is 5.75 Å². The van der Waals surface area contributed by atoms with Crippen LogP contribution in [0.5, 0.6) is 5.75 Å². The third kappa shape index (κ3) is 2.42. The van der Waals surface area contributed by atoms with Gasteiger partial charge in [-0.05, 0) is 47.8 Å². The molecule has 0 N–H and O–H groups in total. The quantitative estimate of drug-likeness (QED) is 0.764. The van der Waals surface area contributed by atoms with Crippen LogP contribution in [-0.4, -0.2) is 28.6 Å². The number of benzene rings is 2. The standard InChI is InChI=1S/C19H19NO2S2/c1-22-16-10-8-15(9-11-16)20-17(14-6-3-2-4-7-14)19(18(20)21)23-12-5-13-24-19/h2-4,6-11,17H,5,12-13H2,1H3/t17-/m0/s1. The summed E-state index contributed by atoms with van der Waals surface area (Å²) in [5, 5.41) is 0. The summed E-state index contributed by atoms with van der Waals surface area (Å²) < 4.78 is 4.88. The highest BCUT2D eigenvalue weighted by Gasteiger charge is 2.63. The van der Waals surface area contributed by atoms with E-state index in [2.05, 4.69) is 24.3 Å². The maximum Gasteiger partial charge on any atom is 0.256 e. The van der Waals surface area contributed by atoms with Crippen molar-refractivity contribution in [2.75, 3.05) is 23.5 Å². The summed E-state index contributed by atoms with van der Waals surface area (Å²) in [6.45, 7) is 0. The Hall–Kier alpha value is -1.59. The molecule has 0 unspecified atom stereocenters. The number of carbonyl (C=O) groups is 1. The van der Waals surface area contributed by atoms with Gasteiger partial charge >= 0.3 is 0 Å². The Morgan fingerprint density at radius 1 is 1.04 bits per heavy atom. The van der Waals surface area contributed by atoms with E-state index in [0.717, 1.165) is 22.9 Å². The molecule has 1 spiro atoms. The third-order valence-electron chi connectivity index (χ3n) is 4.52. The number of methoxy groups -OCH3 is 1. The number of anilines is 1. The molecule has 5 heteroatoms. The van der Waals surface area contributed by atoms with Gasteiger partial charge in [0.1, 0.15) is 5.75 Å². The minimum atomic E-state index is -0.362. The number of nitrogens with zero attached hydrogens (tertiary/aromatic N) is 1. The summed E-state index contributed by atoms with van der Waals surface area (Å²) in [6.07, 6.45) is 1.18. The van der Waals surface area contributed by atoms with Crippen molar-refractivity contribution < 1.29 is 9.53 Å². The van der Waals surface area contributed by atoms with Gasteiger partial charge in [0.2, 0.25) is 0 Å². The summed E-state index contributed by atoms with van der Waals surface area (Å²) in [6, 6.07) is 18.2. The van der Waals surface area contributed by atoms with E-state index in [0.29, 0.717) is 0 Å². The molecular formula is C19H19NO2S2. The summed E-state index contributed by atoms with van der Waals surface area (Å²) in [4.78, 5) is 15.1. The minimum Gasteiger partial charge on any atom is -0.497 e. The molecule has 1 amide bonds. The van der Waals surface area contributed by atoms with Gasteiger partial charge in [0.15, 0.2) is 4.08 Å². The first-order valence-corrected chi connectivity index (χ1v) is 10.0. The molecule has 2 heterocycles. The van der Waals surface area contributed by atoms with E-state index in [4.69, 9.17) is 4.74 Å². The van der Waals surface area contributed by atoms with Crippen LogP contribution < -0.4 is 9.64 Å². The van der Waals surface area contributed by atoms with E-state index >= 15 is 0 Å². The van der Waals surface area contributed by atoms with Crippen molar-refractivity contribution in [1.82, 2.24) is 0 Å². The SMILES string of the molecule is COc1ccc(N2C(=O)C3(SCCCS3)[C@@H]2c2ccccc2)cc1. The van der Waals surface area contributed by atoms with Gasteiger partial charge in [-0.25, -0.2) is 0 Å². The first-order valence-electron chi connectivity index (χ1n) is 8.07. The van der Waals surface area contributed by atoms with Crippen LogP contribution in [0, 0.1) is 0 Å². The van der Waals surface area contributed by atoms with Crippen LogP contribution >= 0.6 is 23.5 Å². The second-order valence-electron chi connectivity index (χ2n) is 5.90. The fourth-order valence-electron chi connectivity index (χ4n) is 3.35. The van der Waals surface area contributed by atoms with E-state index in [-0.39, 0.29) is 16.0 Å². The molecule has 124 valence electrons. The van der Waals surface area contributed by atoms with Gasteiger partial charge in [0, 0.05) is 5.69 Å². The first-order chi connectivity index (χ1) is 11.8. The summed E-state index contributed by atoms with van der Waals surface area (Å²) in [7, 11) is 1.65. The lowest BCUT2D eigenvalue weighted by Crippen LogP contribution is -2.66. The average Bonchev–Trinajstić information content (AvgIpc) is 2.67. The van der Waals surface area contributed by atoms with Crippen LogP contribution in [0.2, 0.25) is 0 Å². The topological polar surface area (TPSA) is 29.5 Å². The number of ether oxygens (including phenoxy) is 1. The molecule has 24 heavy (non-hydrogen) atoms. The molecule has 0 aromatic heterocycles. The van der Waals surface area contributed by atoms with Crippen LogP contribution in [-0.2, 0) is 4.79 Å². The molecule has 0 radical (unpaired) electrons. The molecule has 3 nitrogen and oxygen atoms in total. The van der Waals surface area contributed by atoms with Crippen LogP contribution in [0.25, 0.3) is 0 Å². The number of amides is 1. The number of β-lactam (4-membered cyclic amide) rings is 1. The van der Waals surface area contributed by atoms with E-state index in [1.807, 2.05) is 58.8 Å². The van der Waals surface area contributed by atoms with Crippen LogP contribution in [0.4, 0.5) is 5.69 Å². The van der Waals surface area contributed by atoms with E-state index in [1.54, 1.807) is 7.11 Å². The Labute approximate surface area is 150 Å². The molecule has 2 aliphatic heterocycles. The Morgan fingerprint density at radius 2 is 1.71 bits per heavy atom. The highest BCUT2D eigenvalue weighted by atomic mass is 32.2. The average molecular weight is 358 g/mol. The second-order valence-corrected chi connectivity index (χ2v) is 8.84. The van der Waals surface area contributed by atoms with Crippen molar-refractivity contribution in [3.05, 3.63) is 60.2 Å². The molecule has 2 aliphatic rings. The van der Waals surface area contributed by atoms with E-state index < -0.39 is 0 Å². The highest BCUT2D eigenvalue weighted by Crippen LogP contribution is 2.61. The predicted molar refractivity (Wildman–Crippen MR) is 102 cm³/mol. The minimum absolute atomic E-state index is 0.0786. The van der Waals surface area contributed by atoms with Crippen LogP contribution in [0.15, 0.2) is 54.6 Å². The largest absolute Gasteiger partial charge is 0.497 e. The zero-order valence-electron chi connectivity index (χ0n) is 13.5. The highest BCUT2D eigenvalue weighted by molar-refractivity contribution is 8.20. The Kier molecular flexibility index (Phi) is 4.22. The summed E-state index contributed by atoms with van der Waals surface area (Å²) in [5.74, 6) is 3.13. The summed E-state index contributed by atoms with van der Waals surface area (Å²) in [5.41, 5.74) is 2.14. The normalized spacial score (nSPS) is 22.3. The maximum atomic E-state index is 13.1. The lowest BCUT2D eigenvalue weighted by atomic mass is 9.91. The number of hydrogen-bond donors (Lipinski definition) is 0. The van der Waals surface area contributed by atoms with Gasteiger partial charge in [0.25, 0.3) is 5.91 Å². The lowest BCUT2D eigenvalue weighted by molar-refractivity contribution is -0.124. The fraction of sp³-hybridized carbons (Fsp3) is 0.316. The molecule has 0 saturated carbocycles. The lowest BCUT2D eigenvalue weighted by Gasteiger charge is -2.56. The van der Waals surface area contributed by atoms with Crippen LogP contribution in [0.1, 0.15) is 18.0 Å². The third-order valence-corrected chi connectivity index (χ3v) is 7.87. The maximum absolute atomic E-state index is 13.1.